The van der Waals surface area contributed by atoms with Crippen LogP contribution in [0.5, 0.6) is 5.75 Å². The lowest BCUT2D eigenvalue weighted by Crippen LogP contribution is -2.28. The summed E-state index contributed by atoms with van der Waals surface area (Å²) in [5.41, 5.74) is 1.60. The topological polar surface area (TPSA) is 98.4 Å². The van der Waals surface area contributed by atoms with E-state index in [2.05, 4.69) is 15.7 Å². The van der Waals surface area contributed by atoms with Crippen molar-refractivity contribution in [3.8, 4) is 5.75 Å². The van der Waals surface area contributed by atoms with Gasteiger partial charge in [-0.25, -0.2) is 0 Å². The van der Waals surface area contributed by atoms with E-state index in [1.807, 2.05) is 52.0 Å². The highest BCUT2D eigenvalue weighted by Crippen LogP contribution is 2.19. The van der Waals surface area contributed by atoms with Gasteiger partial charge in [-0.1, -0.05) is 26.0 Å². The van der Waals surface area contributed by atoms with Crippen LogP contribution >= 0.6 is 0 Å². The van der Waals surface area contributed by atoms with Crippen molar-refractivity contribution in [2.75, 3.05) is 11.9 Å². The number of nitrogens with zero attached hydrogens (tertiary/aromatic N) is 2. The Kier molecular flexibility index (Phi) is 7.12. The highest BCUT2D eigenvalue weighted by Gasteiger charge is 2.20. The van der Waals surface area contributed by atoms with Crippen molar-refractivity contribution in [3.05, 3.63) is 65.4 Å². The van der Waals surface area contributed by atoms with Gasteiger partial charge in [0.2, 0.25) is 0 Å². The van der Waals surface area contributed by atoms with E-state index in [-0.39, 0.29) is 24.0 Å². The molecule has 8 nitrogen and oxygen atoms in total. The summed E-state index contributed by atoms with van der Waals surface area (Å²) < 4.78 is 12.9. The van der Waals surface area contributed by atoms with Gasteiger partial charge in [0, 0.05) is 19.3 Å². The van der Waals surface area contributed by atoms with Gasteiger partial charge in [0.15, 0.2) is 11.5 Å². The van der Waals surface area contributed by atoms with Crippen molar-refractivity contribution in [2.45, 2.75) is 40.8 Å². The number of nitrogens with one attached hydrogen (secondary N) is 2. The van der Waals surface area contributed by atoms with E-state index in [1.165, 1.54) is 0 Å². The van der Waals surface area contributed by atoms with E-state index < -0.39 is 5.91 Å². The van der Waals surface area contributed by atoms with E-state index in [1.54, 1.807) is 23.0 Å². The van der Waals surface area contributed by atoms with Crippen molar-refractivity contribution in [2.24, 2.45) is 5.92 Å². The van der Waals surface area contributed by atoms with E-state index in [4.69, 9.17) is 9.15 Å². The summed E-state index contributed by atoms with van der Waals surface area (Å²) in [5.74, 6) is 0.884. The number of rotatable bonds is 9. The van der Waals surface area contributed by atoms with Gasteiger partial charge in [0.05, 0.1) is 5.69 Å². The third kappa shape index (κ3) is 5.97. The van der Waals surface area contributed by atoms with Gasteiger partial charge in [-0.3, -0.25) is 14.3 Å². The van der Waals surface area contributed by atoms with Crippen molar-refractivity contribution in [1.82, 2.24) is 15.1 Å². The van der Waals surface area contributed by atoms with Crippen LogP contribution in [-0.2, 0) is 13.2 Å². The lowest BCUT2D eigenvalue weighted by atomic mass is 10.2. The lowest BCUT2D eigenvalue weighted by Gasteiger charge is -2.07. The second-order valence-corrected chi connectivity index (χ2v) is 7.68. The fourth-order valence-electron chi connectivity index (χ4n) is 2.84. The van der Waals surface area contributed by atoms with E-state index in [0.717, 1.165) is 11.3 Å². The smallest absolute Gasteiger partial charge is 0.291 e. The van der Waals surface area contributed by atoms with Crippen LogP contribution < -0.4 is 15.4 Å². The number of aromatic nitrogens is 2. The summed E-state index contributed by atoms with van der Waals surface area (Å²) in [6.45, 7) is 9.19. The van der Waals surface area contributed by atoms with Crippen LogP contribution in [-0.4, -0.2) is 28.1 Å². The van der Waals surface area contributed by atoms with Gasteiger partial charge in [0.25, 0.3) is 11.8 Å². The number of anilines is 1. The van der Waals surface area contributed by atoms with Gasteiger partial charge < -0.3 is 19.8 Å². The summed E-state index contributed by atoms with van der Waals surface area (Å²) in [4.78, 5) is 25.2. The number of aryl methyl sites for hydroxylation is 2. The van der Waals surface area contributed by atoms with E-state index in [9.17, 15) is 9.59 Å². The molecule has 2 heterocycles. The standard InChI is InChI=1S/C23H28N4O4/c1-5-27-13-19(21(26-27)23(29)24-12-15(2)3)25-22(28)20-10-9-18(31-20)14-30-17-8-6-7-16(4)11-17/h6-11,13,15H,5,12,14H2,1-4H3,(H,24,29)(H,25,28). The zero-order chi connectivity index (χ0) is 22.4. The molecule has 164 valence electrons. The minimum atomic E-state index is -0.463. The van der Waals surface area contributed by atoms with Gasteiger partial charge in [-0.05, 0) is 49.6 Å². The number of ether oxygens (including phenoxy) is 1. The zero-order valence-electron chi connectivity index (χ0n) is 18.3. The molecule has 0 radical (unpaired) electrons. The maximum atomic E-state index is 12.7. The Hall–Kier alpha value is -3.55. The highest BCUT2D eigenvalue weighted by molar-refractivity contribution is 6.07. The molecule has 2 amide bonds. The Morgan fingerprint density at radius 1 is 1.19 bits per heavy atom. The van der Waals surface area contributed by atoms with Crippen LogP contribution in [0.4, 0.5) is 5.69 Å². The minimum Gasteiger partial charge on any atom is -0.486 e. The monoisotopic (exact) mass is 424 g/mol. The normalized spacial score (nSPS) is 10.9. The third-order valence-corrected chi connectivity index (χ3v) is 4.48. The van der Waals surface area contributed by atoms with Crippen LogP contribution in [0, 0.1) is 12.8 Å². The molecule has 8 heteroatoms. The molecule has 0 fully saturated rings. The number of carbonyl (C=O) groups excluding carboxylic acids is 2. The van der Waals surface area contributed by atoms with Gasteiger partial charge in [-0.2, -0.15) is 5.10 Å². The molecule has 2 N–H and O–H groups in total. The van der Waals surface area contributed by atoms with Crippen LogP contribution in [0.25, 0.3) is 0 Å². The number of furan rings is 1. The number of hydrogen-bond acceptors (Lipinski definition) is 5. The van der Waals surface area contributed by atoms with Crippen molar-refractivity contribution in [3.63, 3.8) is 0 Å². The predicted octanol–water partition coefficient (Wildman–Crippen LogP) is 4.02. The summed E-state index contributed by atoms with van der Waals surface area (Å²) in [6.07, 6.45) is 1.63. The molecule has 3 aromatic rings. The van der Waals surface area contributed by atoms with Crippen LogP contribution in [0.2, 0.25) is 0 Å². The molecule has 0 aliphatic heterocycles. The van der Waals surface area contributed by atoms with Crippen molar-refractivity contribution < 1.29 is 18.7 Å². The first kappa shape index (κ1) is 22.1. The summed E-state index contributed by atoms with van der Waals surface area (Å²) in [7, 11) is 0. The third-order valence-electron chi connectivity index (χ3n) is 4.48. The SMILES string of the molecule is CCn1cc(NC(=O)c2ccc(COc3cccc(C)c3)o2)c(C(=O)NCC(C)C)n1. The molecule has 0 saturated carbocycles. The first-order valence-electron chi connectivity index (χ1n) is 10.3. The average molecular weight is 425 g/mol. The number of benzene rings is 1. The molecular formula is C23H28N4O4. The molecule has 0 saturated heterocycles. The minimum absolute atomic E-state index is 0.126. The Balaban J connectivity index is 1.66. The highest BCUT2D eigenvalue weighted by atomic mass is 16.5. The average Bonchev–Trinajstić information content (AvgIpc) is 3.37. The van der Waals surface area contributed by atoms with Crippen LogP contribution in [0.15, 0.2) is 47.0 Å². The first-order chi connectivity index (χ1) is 14.9. The van der Waals surface area contributed by atoms with Crippen LogP contribution in [0.1, 0.15) is 53.1 Å². The molecule has 0 unspecified atom stereocenters. The van der Waals surface area contributed by atoms with Gasteiger partial charge >= 0.3 is 0 Å². The Labute approximate surface area is 181 Å². The summed E-state index contributed by atoms with van der Waals surface area (Å²) >= 11 is 0. The van der Waals surface area contributed by atoms with Crippen molar-refractivity contribution in [1.29, 1.82) is 0 Å². The summed E-state index contributed by atoms with van der Waals surface area (Å²) in [6, 6.07) is 11.0. The van der Waals surface area contributed by atoms with E-state index in [0.29, 0.717) is 30.5 Å². The molecule has 31 heavy (non-hydrogen) atoms. The van der Waals surface area contributed by atoms with E-state index >= 15 is 0 Å². The molecule has 2 aromatic heterocycles. The molecule has 0 aliphatic carbocycles. The largest absolute Gasteiger partial charge is 0.486 e. The number of amides is 2. The van der Waals surface area contributed by atoms with Crippen LogP contribution in [0.3, 0.4) is 0 Å². The number of carbonyl (C=O) groups is 2. The molecule has 0 atom stereocenters. The maximum Gasteiger partial charge on any atom is 0.291 e. The maximum absolute atomic E-state index is 12.7. The number of hydrogen-bond donors (Lipinski definition) is 2. The second kappa shape index (κ2) is 9.97. The summed E-state index contributed by atoms with van der Waals surface area (Å²) in [5, 5.41) is 9.82. The predicted molar refractivity (Wildman–Crippen MR) is 117 cm³/mol. The molecule has 0 bridgehead atoms. The fraction of sp³-hybridized carbons (Fsp3) is 0.348. The first-order valence-corrected chi connectivity index (χ1v) is 10.3. The Morgan fingerprint density at radius 3 is 2.71 bits per heavy atom. The quantitative estimate of drug-likeness (QED) is 0.541. The zero-order valence-corrected chi connectivity index (χ0v) is 18.3. The molecule has 0 spiro atoms. The molecule has 1 aromatic carbocycles. The fourth-order valence-corrected chi connectivity index (χ4v) is 2.84. The lowest BCUT2D eigenvalue weighted by molar-refractivity contribution is 0.0944. The molecule has 3 rings (SSSR count). The Bertz CT molecular complexity index is 1050. The second-order valence-electron chi connectivity index (χ2n) is 7.68. The molecular weight excluding hydrogens is 396 g/mol. The van der Waals surface area contributed by atoms with Gasteiger partial charge in [-0.15, -0.1) is 0 Å². The van der Waals surface area contributed by atoms with Gasteiger partial charge in [0.1, 0.15) is 18.1 Å². The Morgan fingerprint density at radius 2 is 2.00 bits per heavy atom. The molecule has 0 aliphatic rings. The van der Waals surface area contributed by atoms with Crippen molar-refractivity contribution >= 4 is 17.5 Å².